The molecule has 0 saturated heterocycles. The first kappa shape index (κ1) is 42.4. The Morgan fingerprint density at radius 2 is 1.00 bits per heavy atom. The van der Waals surface area contributed by atoms with Gasteiger partial charge in [0.15, 0.2) is 0 Å². The average molecular weight is 735 g/mol. The van der Waals surface area contributed by atoms with Gasteiger partial charge in [0.1, 0.15) is 0 Å². The van der Waals surface area contributed by atoms with Gasteiger partial charge in [-0.25, -0.2) is 5.57 Å². The van der Waals surface area contributed by atoms with Gasteiger partial charge in [0.05, 0.1) is 0 Å². The summed E-state index contributed by atoms with van der Waals surface area (Å²) in [6.07, 6.45) is 5.71. The molecule has 5 rings (SSSR count). The molecule has 0 spiro atoms. The van der Waals surface area contributed by atoms with Crippen molar-refractivity contribution in [2.75, 3.05) is 0 Å². The number of hydrogen-bond donors (Lipinski definition) is 0. The summed E-state index contributed by atoms with van der Waals surface area (Å²) in [6.45, 7) is 31.4. The summed E-state index contributed by atoms with van der Waals surface area (Å²) in [5.41, 5.74) is 9.33. The maximum Gasteiger partial charge on any atom is -0.0202 e. The molecule has 0 nitrogen and oxygen atoms in total. The minimum Gasteiger partial charge on any atom is -1.00 e. The van der Waals surface area contributed by atoms with Crippen LogP contribution >= 0.6 is 0 Å². The van der Waals surface area contributed by atoms with Gasteiger partial charge < -0.3 is 24.8 Å². The van der Waals surface area contributed by atoms with E-state index in [1.165, 1.54) is 79.2 Å². The zero-order chi connectivity index (χ0) is 33.3. The molecule has 248 valence electrons. The van der Waals surface area contributed by atoms with Gasteiger partial charge in [-0.3, -0.25) is 6.08 Å². The van der Waals surface area contributed by atoms with Crippen molar-refractivity contribution in [1.82, 2.24) is 0 Å². The van der Waals surface area contributed by atoms with Crippen LogP contribution in [0, 0.1) is 17.4 Å². The molecule has 0 radical (unpaired) electrons. The summed E-state index contributed by atoms with van der Waals surface area (Å²) >= 11 is 1.46. The molecule has 0 aliphatic heterocycles. The van der Waals surface area contributed by atoms with E-state index in [0.717, 1.165) is 0 Å². The Kier molecular flexibility index (Phi) is 14.9. The van der Waals surface area contributed by atoms with Crippen molar-refractivity contribution in [2.45, 2.75) is 113 Å². The van der Waals surface area contributed by atoms with E-state index in [1.807, 2.05) is 0 Å². The molecule has 1 atom stereocenters. The Morgan fingerprint density at radius 3 is 1.28 bits per heavy atom. The summed E-state index contributed by atoms with van der Waals surface area (Å²) in [5.74, 6) is 0.518. The van der Waals surface area contributed by atoms with Gasteiger partial charge in [-0.15, -0.1) is 39.7 Å². The molecule has 0 bridgehead atoms. The van der Waals surface area contributed by atoms with Crippen molar-refractivity contribution in [3.8, 4) is 0 Å². The van der Waals surface area contributed by atoms with E-state index >= 15 is 0 Å². The molecule has 4 aromatic carbocycles. The van der Waals surface area contributed by atoms with Gasteiger partial charge >= 0.3 is 89.5 Å². The molecule has 4 aromatic rings. The molecule has 1 aliphatic rings. The number of hydrogen-bond acceptors (Lipinski definition) is 0. The molecule has 1 unspecified atom stereocenters. The molecule has 0 saturated carbocycles. The molecule has 0 amide bonds. The van der Waals surface area contributed by atoms with Crippen LogP contribution in [0.4, 0.5) is 0 Å². The molecular weight excluding hydrogens is 679 g/mol. The second kappa shape index (κ2) is 16.2. The molecule has 3 heteroatoms. The van der Waals surface area contributed by atoms with Crippen molar-refractivity contribution in [3.05, 3.63) is 112 Å². The third kappa shape index (κ3) is 11.2. The van der Waals surface area contributed by atoms with Gasteiger partial charge in [-0.2, -0.15) is 11.6 Å². The fourth-order valence-corrected chi connectivity index (χ4v) is 6.16. The Labute approximate surface area is 309 Å². The molecule has 46 heavy (non-hydrogen) atoms. The van der Waals surface area contributed by atoms with E-state index in [2.05, 4.69) is 180 Å². The van der Waals surface area contributed by atoms with E-state index in [9.17, 15) is 0 Å². The first-order chi connectivity index (χ1) is 20.1. The third-order valence-electron chi connectivity index (χ3n) is 8.45. The maximum atomic E-state index is 3.40. The van der Waals surface area contributed by atoms with E-state index in [-0.39, 0.29) is 41.1 Å². The molecule has 0 heterocycles. The molecule has 0 fully saturated rings. The minimum atomic E-state index is 0. The first-order valence-corrected chi connectivity index (χ1v) is 17.6. The zero-order valence-corrected chi connectivity index (χ0v) is 34.8. The second-order valence-corrected chi connectivity index (χ2v) is 17.4. The quantitative estimate of drug-likeness (QED) is 0.200. The summed E-state index contributed by atoms with van der Waals surface area (Å²) in [4.78, 5) is 0. The van der Waals surface area contributed by atoms with Crippen LogP contribution in [-0.2, 0) is 40.5 Å². The monoisotopic (exact) mass is 732 g/mol. The van der Waals surface area contributed by atoms with Crippen molar-refractivity contribution >= 4 is 25.3 Å². The average Bonchev–Trinajstić information content (AvgIpc) is 3.45. The summed E-state index contributed by atoms with van der Waals surface area (Å²) in [5, 5.41) is 5.48. The van der Waals surface area contributed by atoms with Crippen LogP contribution in [0.1, 0.15) is 119 Å². The van der Waals surface area contributed by atoms with Crippen LogP contribution < -0.4 is 24.8 Å². The number of benzene rings is 3. The first-order valence-electron chi connectivity index (χ1n) is 16.2. The molecule has 0 aromatic heterocycles. The summed E-state index contributed by atoms with van der Waals surface area (Å²) in [6, 6.07) is 25.0. The molecule has 0 N–H and O–H groups in total. The fraction of sp³-hybridized carbons (Fsp3) is 0.442. The van der Waals surface area contributed by atoms with E-state index in [1.54, 1.807) is 0 Å². The number of allylic oxidation sites excluding steroid dienone is 4. The van der Waals surface area contributed by atoms with Gasteiger partial charge in [0.2, 0.25) is 0 Å². The van der Waals surface area contributed by atoms with Crippen molar-refractivity contribution < 1.29 is 49.0 Å². The second-order valence-electron chi connectivity index (χ2n) is 16.7. The van der Waals surface area contributed by atoms with Crippen molar-refractivity contribution in [3.63, 3.8) is 0 Å². The largest absolute Gasteiger partial charge is 1.00 e. The van der Waals surface area contributed by atoms with Crippen LogP contribution in [0.3, 0.4) is 0 Å². The summed E-state index contributed by atoms with van der Waals surface area (Å²) in [7, 11) is 0. The molecule has 1 aliphatic carbocycles. The molecular formula is C43H56Cl2Zr-2. The van der Waals surface area contributed by atoms with Crippen molar-refractivity contribution in [1.29, 1.82) is 0 Å². The Hall–Kier alpha value is -1.66. The van der Waals surface area contributed by atoms with Gasteiger partial charge in [-0.05, 0) is 10.8 Å². The van der Waals surface area contributed by atoms with E-state index in [0.29, 0.717) is 11.3 Å². The van der Waals surface area contributed by atoms with Crippen LogP contribution in [0.25, 0.3) is 21.5 Å². The van der Waals surface area contributed by atoms with E-state index < -0.39 is 0 Å². The van der Waals surface area contributed by atoms with Crippen molar-refractivity contribution in [2.24, 2.45) is 11.3 Å². The normalized spacial score (nSPS) is 15.0. The Balaban J connectivity index is 0.000000365. The Bertz CT molecular complexity index is 1580. The maximum absolute atomic E-state index is 3.40. The number of halogens is 2. The third-order valence-corrected chi connectivity index (χ3v) is 9.27. The van der Waals surface area contributed by atoms with Gasteiger partial charge in [0, 0.05) is 0 Å². The van der Waals surface area contributed by atoms with Crippen LogP contribution in [0.2, 0.25) is 0 Å². The van der Waals surface area contributed by atoms with Gasteiger partial charge in [0.25, 0.3) is 0 Å². The van der Waals surface area contributed by atoms with Crippen LogP contribution in [0.15, 0.2) is 84.0 Å². The number of rotatable bonds is 1. The van der Waals surface area contributed by atoms with Crippen LogP contribution in [0.5, 0.6) is 0 Å². The fourth-order valence-electron chi connectivity index (χ4n) is 5.68. The van der Waals surface area contributed by atoms with Gasteiger partial charge in [-0.1, -0.05) is 123 Å². The number of fused-ring (bicyclic) bond motifs is 3. The van der Waals surface area contributed by atoms with Crippen LogP contribution in [-0.4, -0.2) is 3.71 Å². The topological polar surface area (TPSA) is 0 Å². The predicted molar refractivity (Wildman–Crippen MR) is 194 cm³/mol. The Morgan fingerprint density at radius 1 is 0.609 bits per heavy atom. The van der Waals surface area contributed by atoms with E-state index in [4.69, 9.17) is 0 Å². The summed E-state index contributed by atoms with van der Waals surface area (Å²) < 4.78 is 2.21. The minimum absolute atomic E-state index is 0. The standard InChI is InChI=1S/C21H25.C11H17.C11H14.2ClH.Zr/c1-20(2,3)16-7-9-18-14(12-16)11-15-13-17(21(4,5)6)8-10-19(15)18;1-8-6-9(2)10(7-8)11(3,4)5;1-9-5-7-10(8-6-9)11(2,3)4;;;/h7-13H,1-6H3;7-8H,1-5H3;1,5-8H,2-4H3;2*1H;/q2*-1;;;;+2/p-2. The zero-order valence-electron chi connectivity index (χ0n) is 30.8. The predicted octanol–water partition coefficient (Wildman–Crippen LogP) is 6.35. The SMILES string of the molecule is CC(C)(C)c1ccc([CH]=[Zr+2])cc1.CC(C)(C)c1ccc2c(c1)[cH-]c1cc(C(C)(C)C)ccc12.CC1=[C-]C(C)C=C1C(C)(C)C.[Cl-].[Cl-]. The smallest absolute Gasteiger partial charge is 0.0202 e.